The Bertz CT molecular complexity index is 460. The summed E-state index contributed by atoms with van der Waals surface area (Å²) in [5.41, 5.74) is -0.0212. The number of ether oxygens (including phenoxy) is 2. The molecule has 0 radical (unpaired) electrons. The lowest BCUT2D eigenvalue weighted by Gasteiger charge is -2.61. The predicted octanol–water partition coefficient (Wildman–Crippen LogP) is 1.39. The quantitative estimate of drug-likeness (QED) is 0.733. The second kappa shape index (κ2) is 4.20. The minimum atomic E-state index is -0.333. The number of hydrogen-bond donors (Lipinski definition) is 1. The topological polar surface area (TPSA) is 67.9 Å². The van der Waals surface area contributed by atoms with E-state index in [9.17, 15) is 9.59 Å². The van der Waals surface area contributed by atoms with E-state index in [1.165, 1.54) is 11.9 Å². The van der Waals surface area contributed by atoms with E-state index in [0.29, 0.717) is 19.6 Å². The summed E-state index contributed by atoms with van der Waals surface area (Å²) in [6.45, 7) is 1.40. The summed E-state index contributed by atoms with van der Waals surface area (Å²) in [7, 11) is 1.54. The lowest BCUT2D eigenvalue weighted by atomic mass is 9.50. The van der Waals surface area contributed by atoms with E-state index >= 15 is 0 Å². The van der Waals surface area contributed by atoms with Crippen molar-refractivity contribution in [3.63, 3.8) is 0 Å². The molecule has 4 rings (SSSR count). The maximum atomic E-state index is 11.9. The fraction of sp³-hybridized carbons (Fsp3) is 0.867. The van der Waals surface area contributed by atoms with Gasteiger partial charge < -0.3 is 14.8 Å². The summed E-state index contributed by atoms with van der Waals surface area (Å²) in [6.07, 6.45) is 6.27. The molecular formula is C15H22N2O4. The molecule has 0 bridgehead atoms. The van der Waals surface area contributed by atoms with Gasteiger partial charge in [0.1, 0.15) is 0 Å². The first-order valence-electron chi connectivity index (χ1n) is 7.82. The van der Waals surface area contributed by atoms with Crippen molar-refractivity contribution in [1.82, 2.24) is 10.2 Å². The Labute approximate surface area is 124 Å². The Balaban J connectivity index is 1.41. The van der Waals surface area contributed by atoms with Crippen LogP contribution < -0.4 is 5.32 Å². The number of nitrogens with one attached hydrogen (secondary N) is 1. The van der Waals surface area contributed by atoms with Crippen LogP contribution in [0.15, 0.2) is 0 Å². The molecule has 2 heterocycles. The summed E-state index contributed by atoms with van der Waals surface area (Å²) >= 11 is 0. The van der Waals surface area contributed by atoms with E-state index in [0.717, 1.165) is 38.5 Å². The zero-order valence-corrected chi connectivity index (χ0v) is 12.4. The largest absolute Gasteiger partial charge is 0.348 e. The first-order valence-corrected chi connectivity index (χ1v) is 7.82. The second-order valence-corrected chi connectivity index (χ2v) is 7.30. The van der Waals surface area contributed by atoms with Crippen LogP contribution in [0.25, 0.3) is 0 Å². The summed E-state index contributed by atoms with van der Waals surface area (Å²) in [4.78, 5) is 24.9. The van der Waals surface area contributed by atoms with Gasteiger partial charge in [-0.2, -0.15) is 0 Å². The van der Waals surface area contributed by atoms with Gasteiger partial charge in [-0.1, -0.05) is 0 Å². The van der Waals surface area contributed by atoms with Gasteiger partial charge in [-0.05, 0) is 31.1 Å². The molecule has 4 aliphatic rings. The summed E-state index contributed by atoms with van der Waals surface area (Å²) < 4.78 is 11.6. The van der Waals surface area contributed by atoms with Crippen molar-refractivity contribution in [1.29, 1.82) is 0 Å². The second-order valence-electron chi connectivity index (χ2n) is 7.30. The Hall–Kier alpha value is -1.14. The lowest BCUT2D eigenvalue weighted by molar-refractivity contribution is -0.207. The molecule has 0 unspecified atom stereocenters. The molecule has 3 amide bonds. The van der Waals surface area contributed by atoms with Gasteiger partial charge in [0.2, 0.25) is 5.91 Å². The monoisotopic (exact) mass is 294 g/mol. The Kier molecular flexibility index (Phi) is 2.70. The predicted molar refractivity (Wildman–Crippen MR) is 73.4 cm³/mol. The molecular weight excluding hydrogens is 272 g/mol. The van der Waals surface area contributed by atoms with Gasteiger partial charge in [0.25, 0.3) is 0 Å². The summed E-state index contributed by atoms with van der Waals surface area (Å²) in [5.74, 6) is -0.400. The van der Waals surface area contributed by atoms with Crippen molar-refractivity contribution in [3.05, 3.63) is 0 Å². The third-order valence-electron chi connectivity index (χ3n) is 5.85. The average Bonchev–Trinajstić information content (AvgIpc) is 2.87. The smallest absolute Gasteiger partial charge is 0.324 e. The van der Waals surface area contributed by atoms with Crippen molar-refractivity contribution >= 4 is 11.9 Å². The average molecular weight is 294 g/mol. The maximum absolute atomic E-state index is 11.9. The fourth-order valence-electron chi connectivity index (χ4n) is 4.77. The molecule has 6 nitrogen and oxygen atoms in total. The summed E-state index contributed by atoms with van der Waals surface area (Å²) in [5, 5.41) is 3.05. The number of rotatable bonds is 0. The van der Waals surface area contributed by atoms with Crippen molar-refractivity contribution in [2.45, 2.75) is 56.3 Å². The first kappa shape index (κ1) is 13.5. The molecule has 3 spiro atoms. The van der Waals surface area contributed by atoms with Gasteiger partial charge >= 0.3 is 6.03 Å². The van der Waals surface area contributed by atoms with Crippen molar-refractivity contribution in [2.75, 3.05) is 20.3 Å². The van der Waals surface area contributed by atoms with E-state index < -0.39 is 0 Å². The molecule has 2 aliphatic heterocycles. The molecule has 2 saturated carbocycles. The van der Waals surface area contributed by atoms with Crippen LogP contribution in [0.1, 0.15) is 44.9 Å². The van der Waals surface area contributed by atoms with Crippen molar-refractivity contribution in [3.8, 4) is 0 Å². The van der Waals surface area contributed by atoms with Crippen LogP contribution in [0, 0.1) is 5.41 Å². The number of hydrogen-bond acceptors (Lipinski definition) is 4. The zero-order chi connectivity index (χ0) is 14.7. The fourth-order valence-corrected chi connectivity index (χ4v) is 4.77. The standard InChI is InChI=1S/C15H22N2O4/c1-17-11(18)8-14(16-12(17)19)9-13(10-14)2-4-15(5-3-13)20-6-7-21-15/h2-10H2,1H3,(H,16,19). The molecule has 1 N–H and O–H groups in total. The minimum Gasteiger partial charge on any atom is -0.348 e. The Morgan fingerprint density at radius 3 is 2.24 bits per heavy atom. The third-order valence-corrected chi connectivity index (χ3v) is 5.85. The Morgan fingerprint density at radius 1 is 1.05 bits per heavy atom. The number of nitrogens with zero attached hydrogens (tertiary/aromatic N) is 1. The third kappa shape index (κ3) is 1.99. The highest BCUT2D eigenvalue weighted by molar-refractivity contribution is 5.97. The highest BCUT2D eigenvalue weighted by Gasteiger charge is 2.60. The van der Waals surface area contributed by atoms with E-state index in [4.69, 9.17) is 9.47 Å². The van der Waals surface area contributed by atoms with Gasteiger partial charge in [-0.3, -0.25) is 9.69 Å². The molecule has 6 heteroatoms. The zero-order valence-electron chi connectivity index (χ0n) is 12.4. The van der Waals surface area contributed by atoms with E-state index in [1.807, 2.05) is 0 Å². The number of imide groups is 1. The van der Waals surface area contributed by atoms with Crippen LogP contribution in [0.2, 0.25) is 0 Å². The minimum absolute atomic E-state index is 0.0664. The van der Waals surface area contributed by atoms with Crippen LogP contribution in [-0.4, -0.2) is 48.4 Å². The highest BCUT2D eigenvalue weighted by atomic mass is 16.7. The number of carbonyl (C=O) groups is 2. The van der Waals surface area contributed by atoms with Crippen LogP contribution in [0.3, 0.4) is 0 Å². The number of amides is 3. The molecule has 116 valence electrons. The van der Waals surface area contributed by atoms with Crippen LogP contribution in [0.4, 0.5) is 4.79 Å². The van der Waals surface area contributed by atoms with E-state index in [-0.39, 0.29) is 28.7 Å². The van der Waals surface area contributed by atoms with E-state index in [2.05, 4.69) is 5.32 Å². The molecule has 2 saturated heterocycles. The van der Waals surface area contributed by atoms with Gasteiger partial charge in [-0.25, -0.2) is 4.79 Å². The number of urea groups is 1. The van der Waals surface area contributed by atoms with Crippen LogP contribution >= 0.6 is 0 Å². The molecule has 0 atom stereocenters. The normalized spacial score (nSPS) is 32.5. The van der Waals surface area contributed by atoms with E-state index in [1.54, 1.807) is 0 Å². The van der Waals surface area contributed by atoms with Crippen molar-refractivity contribution in [2.24, 2.45) is 5.41 Å². The summed E-state index contributed by atoms with van der Waals surface area (Å²) in [6, 6.07) is -0.254. The highest BCUT2D eigenvalue weighted by Crippen LogP contribution is 2.60. The first-order chi connectivity index (χ1) is 9.96. The molecule has 21 heavy (non-hydrogen) atoms. The molecule has 0 aromatic carbocycles. The molecule has 0 aromatic rings. The van der Waals surface area contributed by atoms with Crippen molar-refractivity contribution < 1.29 is 19.1 Å². The van der Waals surface area contributed by atoms with Crippen LogP contribution in [-0.2, 0) is 14.3 Å². The van der Waals surface area contributed by atoms with Gasteiger partial charge in [0.05, 0.1) is 25.2 Å². The molecule has 4 fully saturated rings. The van der Waals surface area contributed by atoms with Gasteiger partial charge in [-0.15, -0.1) is 0 Å². The Morgan fingerprint density at radius 2 is 1.67 bits per heavy atom. The lowest BCUT2D eigenvalue weighted by Crippen LogP contribution is -2.69. The van der Waals surface area contributed by atoms with Crippen LogP contribution in [0.5, 0.6) is 0 Å². The number of carbonyl (C=O) groups excluding carboxylic acids is 2. The molecule has 2 aliphatic carbocycles. The SMILES string of the molecule is CN1C(=O)CC2(CC3(CCC4(CC3)OCCO4)C2)NC1=O. The maximum Gasteiger partial charge on any atom is 0.324 e. The molecule has 0 aromatic heterocycles. The van der Waals surface area contributed by atoms with Gasteiger partial charge in [0.15, 0.2) is 5.79 Å². The van der Waals surface area contributed by atoms with Gasteiger partial charge in [0, 0.05) is 19.9 Å².